The van der Waals surface area contributed by atoms with Gasteiger partial charge in [-0.05, 0) is 70.0 Å². The molecule has 3 rings (SSSR count). The summed E-state index contributed by atoms with van der Waals surface area (Å²) in [6.45, 7) is 6.87. The Morgan fingerprint density at radius 1 is 0.867 bits per heavy atom. The van der Waals surface area contributed by atoms with Crippen molar-refractivity contribution in [3.8, 4) is 0 Å². The lowest BCUT2D eigenvalue weighted by Crippen LogP contribution is -2.27. The van der Waals surface area contributed by atoms with Gasteiger partial charge in [0.15, 0.2) is 0 Å². The molecule has 7 heteroatoms. The van der Waals surface area contributed by atoms with E-state index in [-0.39, 0.29) is 11.8 Å². The Balaban J connectivity index is 1.67. The average molecular weight is 409 g/mol. The van der Waals surface area contributed by atoms with E-state index < -0.39 is 11.7 Å². The molecule has 3 amide bonds. The fraction of sp³-hybridized carbons (Fsp3) is 0.348. The van der Waals surface area contributed by atoms with Gasteiger partial charge in [0, 0.05) is 35.6 Å². The number of anilines is 2. The van der Waals surface area contributed by atoms with Crippen LogP contribution in [0.5, 0.6) is 0 Å². The maximum Gasteiger partial charge on any atom is 0.412 e. The molecule has 0 spiro atoms. The SMILES string of the molecule is CC(C)(C)OC(=O)Nc1cccc(C(=O)Nc2cccc(C(=O)N3CCCC3)c2)c1. The molecule has 2 aromatic rings. The van der Waals surface area contributed by atoms with Crippen LogP contribution in [0, 0.1) is 0 Å². The molecule has 1 heterocycles. The number of rotatable bonds is 4. The van der Waals surface area contributed by atoms with E-state index in [2.05, 4.69) is 10.6 Å². The van der Waals surface area contributed by atoms with E-state index in [1.165, 1.54) is 0 Å². The van der Waals surface area contributed by atoms with Crippen molar-refractivity contribution in [1.29, 1.82) is 0 Å². The molecule has 0 radical (unpaired) electrons. The zero-order chi connectivity index (χ0) is 21.7. The van der Waals surface area contributed by atoms with Gasteiger partial charge in [-0.15, -0.1) is 0 Å². The van der Waals surface area contributed by atoms with Crippen LogP contribution in [-0.4, -0.2) is 41.5 Å². The van der Waals surface area contributed by atoms with Crippen LogP contribution in [0.25, 0.3) is 0 Å². The first-order chi connectivity index (χ1) is 14.2. The Hall–Kier alpha value is -3.35. The molecule has 0 aromatic heterocycles. The summed E-state index contributed by atoms with van der Waals surface area (Å²) < 4.78 is 5.23. The maximum atomic E-state index is 12.7. The summed E-state index contributed by atoms with van der Waals surface area (Å²) in [6, 6.07) is 13.5. The van der Waals surface area contributed by atoms with Crippen LogP contribution in [0.2, 0.25) is 0 Å². The Bertz CT molecular complexity index is 943. The first-order valence-corrected chi connectivity index (χ1v) is 10.0. The third kappa shape index (κ3) is 5.83. The van der Waals surface area contributed by atoms with Gasteiger partial charge in [-0.1, -0.05) is 12.1 Å². The molecule has 7 nitrogen and oxygen atoms in total. The smallest absolute Gasteiger partial charge is 0.412 e. The molecule has 158 valence electrons. The lowest BCUT2D eigenvalue weighted by atomic mass is 10.1. The number of carbonyl (C=O) groups excluding carboxylic acids is 3. The molecule has 0 unspecified atom stereocenters. The van der Waals surface area contributed by atoms with Gasteiger partial charge in [0.25, 0.3) is 11.8 Å². The van der Waals surface area contributed by atoms with E-state index >= 15 is 0 Å². The zero-order valence-corrected chi connectivity index (χ0v) is 17.5. The second-order valence-corrected chi connectivity index (χ2v) is 8.24. The average Bonchev–Trinajstić information content (AvgIpc) is 3.21. The highest BCUT2D eigenvalue weighted by Crippen LogP contribution is 2.18. The molecule has 2 N–H and O–H groups in total. The number of likely N-dealkylation sites (tertiary alicyclic amines) is 1. The second-order valence-electron chi connectivity index (χ2n) is 8.24. The van der Waals surface area contributed by atoms with E-state index in [1.807, 2.05) is 4.90 Å². The van der Waals surface area contributed by atoms with E-state index in [9.17, 15) is 14.4 Å². The van der Waals surface area contributed by atoms with Crippen LogP contribution in [-0.2, 0) is 4.74 Å². The van der Waals surface area contributed by atoms with Gasteiger partial charge >= 0.3 is 6.09 Å². The summed E-state index contributed by atoms with van der Waals surface area (Å²) in [5.41, 5.74) is 1.30. The summed E-state index contributed by atoms with van der Waals surface area (Å²) in [7, 11) is 0. The molecule has 1 fully saturated rings. The Labute approximate surface area is 176 Å². The summed E-state index contributed by atoms with van der Waals surface area (Å²) >= 11 is 0. The third-order valence-electron chi connectivity index (χ3n) is 4.53. The van der Waals surface area contributed by atoms with Crippen LogP contribution < -0.4 is 10.6 Å². The number of ether oxygens (including phenoxy) is 1. The quantitative estimate of drug-likeness (QED) is 0.777. The molecule has 0 aliphatic carbocycles. The Morgan fingerprint density at radius 2 is 1.43 bits per heavy atom. The Morgan fingerprint density at radius 3 is 2.07 bits per heavy atom. The van der Waals surface area contributed by atoms with Gasteiger partial charge in [-0.3, -0.25) is 14.9 Å². The minimum absolute atomic E-state index is 0.0212. The van der Waals surface area contributed by atoms with Crippen LogP contribution in [0.15, 0.2) is 48.5 Å². The molecule has 1 saturated heterocycles. The van der Waals surface area contributed by atoms with Gasteiger partial charge in [-0.2, -0.15) is 0 Å². The van der Waals surface area contributed by atoms with Crippen molar-refractivity contribution < 1.29 is 19.1 Å². The normalized spacial score (nSPS) is 13.6. The largest absolute Gasteiger partial charge is 0.444 e. The van der Waals surface area contributed by atoms with Crippen molar-refractivity contribution in [1.82, 2.24) is 4.90 Å². The van der Waals surface area contributed by atoms with Crippen molar-refractivity contribution >= 4 is 29.3 Å². The minimum Gasteiger partial charge on any atom is -0.444 e. The van der Waals surface area contributed by atoms with Crippen LogP contribution >= 0.6 is 0 Å². The fourth-order valence-electron chi connectivity index (χ4n) is 3.20. The van der Waals surface area contributed by atoms with Gasteiger partial charge in [0.2, 0.25) is 0 Å². The molecule has 0 saturated carbocycles. The maximum absolute atomic E-state index is 12.7. The number of benzene rings is 2. The molecule has 0 bridgehead atoms. The summed E-state index contributed by atoms with van der Waals surface area (Å²) in [5, 5.41) is 5.43. The van der Waals surface area contributed by atoms with E-state index in [0.717, 1.165) is 25.9 Å². The number of hydrogen-bond acceptors (Lipinski definition) is 4. The number of hydrogen-bond donors (Lipinski definition) is 2. The number of amides is 3. The first kappa shape index (κ1) is 21.4. The number of nitrogens with one attached hydrogen (secondary N) is 2. The first-order valence-electron chi connectivity index (χ1n) is 10.0. The predicted octanol–water partition coefficient (Wildman–Crippen LogP) is 4.52. The number of nitrogens with zero attached hydrogens (tertiary/aromatic N) is 1. The number of carbonyl (C=O) groups is 3. The van der Waals surface area contributed by atoms with Gasteiger partial charge in [-0.25, -0.2) is 4.79 Å². The Kier molecular flexibility index (Phi) is 6.40. The van der Waals surface area contributed by atoms with Crippen molar-refractivity contribution in [2.45, 2.75) is 39.2 Å². The molecular weight excluding hydrogens is 382 g/mol. The molecule has 1 aliphatic rings. The van der Waals surface area contributed by atoms with E-state index in [1.54, 1.807) is 69.3 Å². The molecular formula is C23H27N3O4. The second kappa shape index (κ2) is 8.98. The van der Waals surface area contributed by atoms with Crippen LogP contribution in [0.4, 0.5) is 16.2 Å². The van der Waals surface area contributed by atoms with Crippen molar-refractivity contribution in [2.24, 2.45) is 0 Å². The lowest BCUT2D eigenvalue weighted by Gasteiger charge is -2.19. The fourth-order valence-corrected chi connectivity index (χ4v) is 3.20. The van der Waals surface area contributed by atoms with E-state index in [0.29, 0.717) is 22.5 Å². The summed E-state index contributed by atoms with van der Waals surface area (Å²) in [6.07, 6.45) is 1.46. The highest BCUT2D eigenvalue weighted by molar-refractivity contribution is 6.06. The van der Waals surface area contributed by atoms with Gasteiger partial charge in [0.1, 0.15) is 5.60 Å². The van der Waals surface area contributed by atoms with Crippen molar-refractivity contribution in [2.75, 3.05) is 23.7 Å². The van der Waals surface area contributed by atoms with Crippen molar-refractivity contribution in [3.05, 3.63) is 59.7 Å². The van der Waals surface area contributed by atoms with Crippen LogP contribution in [0.1, 0.15) is 54.3 Å². The highest BCUT2D eigenvalue weighted by atomic mass is 16.6. The molecule has 30 heavy (non-hydrogen) atoms. The predicted molar refractivity (Wildman–Crippen MR) is 116 cm³/mol. The molecule has 1 aliphatic heterocycles. The highest BCUT2D eigenvalue weighted by Gasteiger charge is 2.20. The van der Waals surface area contributed by atoms with Gasteiger partial charge < -0.3 is 15.0 Å². The summed E-state index contributed by atoms with van der Waals surface area (Å²) in [4.78, 5) is 39.0. The van der Waals surface area contributed by atoms with Crippen LogP contribution in [0.3, 0.4) is 0 Å². The monoisotopic (exact) mass is 409 g/mol. The van der Waals surface area contributed by atoms with Gasteiger partial charge in [0.05, 0.1) is 0 Å². The topological polar surface area (TPSA) is 87.7 Å². The molecule has 0 atom stereocenters. The zero-order valence-electron chi connectivity index (χ0n) is 17.5. The minimum atomic E-state index is -0.614. The summed E-state index contributed by atoms with van der Waals surface area (Å²) in [5.74, 6) is -0.360. The van der Waals surface area contributed by atoms with E-state index in [4.69, 9.17) is 4.74 Å². The lowest BCUT2D eigenvalue weighted by molar-refractivity contribution is 0.0635. The standard InChI is InChI=1S/C23H27N3O4/c1-23(2,3)30-22(29)25-19-11-6-8-16(14-19)20(27)24-18-10-7-9-17(15-18)21(28)26-12-4-5-13-26/h6-11,14-15H,4-5,12-13H2,1-3H3,(H,24,27)(H,25,29). The third-order valence-corrected chi connectivity index (χ3v) is 4.53. The van der Waals surface area contributed by atoms with Crippen molar-refractivity contribution in [3.63, 3.8) is 0 Å². The molecule has 2 aromatic carbocycles.